The standard InChI is InChI=1S/C10H13NO3/c1-2-14-10(13)11-6-7-3-4-8(11)9(12)5-7/h3-4,7-8H,2,5-6H2,1H3. The Morgan fingerprint density at radius 3 is 3.00 bits per heavy atom. The zero-order valence-corrected chi connectivity index (χ0v) is 8.10. The van der Waals surface area contributed by atoms with Crippen LogP contribution in [-0.4, -0.2) is 36.0 Å². The van der Waals surface area contributed by atoms with Crippen molar-refractivity contribution in [2.75, 3.05) is 13.2 Å². The van der Waals surface area contributed by atoms with Crippen LogP contribution in [0.5, 0.6) is 0 Å². The first-order chi connectivity index (χ1) is 6.72. The number of Topliss-reactive ketones (excluding diaryl/α,β-unsaturated/α-hetero) is 1. The van der Waals surface area contributed by atoms with Gasteiger partial charge >= 0.3 is 6.09 Å². The number of rotatable bonds is 1. The van der Waals surface area contributed by atoms with E-state index < -0.39 is 0 Å². The van der Waals surface area contributed by atoms with Gasteiger partial charge in [-0.15, -0.1) is 0 Å². The number of hydrogen-bond acceptors (Lipinski definition) is 3. The van der Waals surface area contributed by atoms with Crippen molar-refractivity contribution in [3.63, 3.8) is 0 Å². The van der Waals surface area contributed by atoms with E-state index in [0.29, 0.717) is 19.6 Å². The lowest BCUT2D eigenvalue weighted by molar-refractivity contribution is -0.126. The lowest BCUT2D eigenvalue weighted by atomic mass is 9.85. The molecule has 0 aromatic rings. The molecule has 2 aliphatic heterocycles. The number of carbonyl (C=O) groups is 2. The first-order valence-corrected chi connectivity index (χ1v) is 4.86. The maximum atomic E-state index is 11.5. The monoisotopic (exact) mass is 195 g/mol. The van der Waals surface area contributed by atoms with Crippen molar-refractivity contribution in [3.8, 4) is 0 Å². The van der Waals surface area contributed by atoms with E-state index in [1.165, 1.54) is 4.90 Å². The van der Waals surface area contributed by atoms with Crippen LogP contribution in [0.3, 0.4) is 0 Å². The molecule has 2 heterocycles. The van der Waals surface area contributed by atoms with E-state index in [2.05, 4.69) is 0 Å². The normalized spacial score (nSPS) is 29.5. The third kappa shape index (κ3) is 1.41. The minimum atomic E-state index is -0.376. The molecule has 1 fully saturated rings. The van der Waals surface area contributed by atoms with Gasteiger partial charge in [0.15, 0.2) is 5.78 Å². The highest BCUT2D eigenvalue weighted by Crippen LogP contribution is 2.27. The molecule has 4 heteroatoms. The molecule has 1 aliphatic carbocycles. The Labute approximate surface area is 82.5 Å². The highest BCUT2D eigenvalue weighted by molar-refractivity contribution is 5.91. The van der Waals surface area contributed by atoms with E-state index in [1.807, 2.05) is 6.08 Å². The molecule has 1 saturated heterocycles. The molecule has 3 rings (SSSR count). The van der Waals surface area contributed by atoms with Crippen LogP contribution in [0.1, 0.15) is 13.3 Å². The van der Waals surface area contributed by atoms with Gasteiger partial charge in [0.05, 0.1) is 6.61 Å². The van der Waals surface area contributed by atoms with Crippen molar-refractivity contribution in [3.05, 3.63) is 12.2 Å². The SMILES string of the molecule is CCOC(=O)N1CC2C=CC1C(=O)C2. The van der Waals surface area contributed by atoms with Crippen LogP contribution >= 0.6 is 0 Å². The van der Waals surface area contributed by atoms with Gasteiger partial charge in [0.1, 0.15) is 6.04 Å². The van der Waals surface area contributed by atoms with Crippen LogP contribution < -0.4 is 0 Å². The average Bonchev–Trinajstić information content (AvgIpc) is 2.18. The maximum absolute atomic E-state index is 11.5. The first-order valence-electron chi connectivity index (χ1n) is 4.86. The van der Waals surface area contributed by atoms with Crippen molar-refractivity contribution in [2.24, 2.45) is 5.92 Å². The van der Waals surface area contributed by atoms with Crippen LogP contribution in [0.2, 0.25) is 0 Å². The molecular weight excluding hydrogens is 182 g/mol. The Balaban J connectivity index is 2.12. The lowest BCUT2D eigenvalue weighted by Gasteiger charge is -2.39. The van der Waals surface area contributed by atoms with Gasteiger partial charge < -0.3 is 4.74 Å². The largest absolute Gasteiger partial charge is 0.450 e. The highest BCUT2D eigenvalue weighted by atomic mass is 16.6. The summed E-state index contributed by atoms with van der Waals surface area (Å²) in [6.07, 6.45) is 4.01. The third-order valence-electron chi connectivity index (χ3n) is 2.63. The fraction of sp³-hybridized carbons (Fsp3) is 0.600. The van der Waals surface area contributed by atoms with E-state index >= 15 is 0 Å². The Morgan fingerprint density at radius 2 is 2.43 bits per heavy atom. The van der Waals surface area contributed by atoms with E-state index in [0.717, 1.165) is 0 Å². The van der Waals surface area contributed by atoms with Crippen LogP contribution in [0.15, 0.2) is 12.2 Å². The smallest absolute Gasteiger partial charge is 0.410 e. The van der Waals surface area contributed by atoms with Gasteiger partial charge in [0.2, 0.25) is 0 Å². The van der Waals surface area contributed by atoms with Crippen molar-refractivity contribution >= 4 is 11.9 Å². The van der Waals surface area contributed by atoms with Crippen molar-refractivity contribution in [1.82, 2.24) is 4.90 Å². The van der Waals surface area contributed by atoms with E-state index in [1.54, 1.807) is 13.0 Å². The molecule has 0 spiro atoms. The molecule has 2 atom stereocenters. The number of carbonyl (C=O) groups excluding carboxylic acids is 2. The van der Waals surface area contributed by atoms with Gasteiger partial charge in [0.25, 0.3) is 0 Å². The fourth-order valence-corrected chi connectivity index (χ4v) is 1.98. The predicted octanol–water partition coefficient (Wildman–Crippen LogP) is 0.972. The minimum Gasteiger partial charge on any atom is -0.450 e. The molecule has 76 valence electrons. The number of piperidine rings is 1. The Bertz CT molecular complexity index is 298. The zero-order valence-electron chi connectivity index (χ0n) is 8.10. The summed E-state index contributed by atoms with van der Waals surface area (Å²) in [4.78, 5) is 24.4. The van der Waals surface area contributed by atoms with E-state index in [-0.39, 0.29) is 23.8 Å². The summed E-state index contributed by atoms with van der Waals surface area (Å²) in [5.74, 6) is 0.314. The molecule has 2 bridgehead atoms. The van der Waals surface area contributed by atoms with Crippen molar-refractivity contribution in [1.29, 1.82) is 0 Å². The second-order valence-corrected chi connectivity index (χ2v) is 3.61. The van der Waals surface area contributed by atoms with Gasteiger partial charge in [-0.25, -0.2) is 4.79 Å². The molecule has 2 unspecified atom stereocenters. The Hall–Kier alpha value is -1.32. The molecule has 4 nitrogen and oxygen atoms in total. The minimum absolute atomic E-state index is 0.122. The summed E-state index contributed by atoms with van der Waals surface area (Å²) >= 11 is 0. The van der Waals surface area contributed by atoms with Gasteiger partial charge in [-0.05, 0) is 6.92 Å². The summed E-state index contributed by atoms with van der Waals surface area (Å²) in [6, 6.07) is -0.376. The topological polar surface area (TPSA) is 46.6 Å². The Morgan fingerprint density at radius 1 is 1.64 bits per heavy atom. The van der Waals surface area contributed by atoms with Gasteiger partial charge in [0, 0.05) is 18.9 Å². The summed E-state index contributed by atoms with van der Waals surface area (Å²) < 4.78 is 4.88. The summed E-state index contributed by atoms with van der Waals surface area (Å²) in [5, 5.41) is 0. The number of hydrogen-bond donors (Lipinski definition) is 0. The first kappa shape index (κ1) is 9.24. The quantitative estimate of drug-likeness (QED) is 0.586. The van der Waals surface area contributed by atoms with Crippen LogP contribution in [0, 0.1) is 5.92 Å². The summed E-state index contributed by atoms with van der Waals surface area (Å²) in [7, 11) is 0. The number of fused-ring (bicyclic) bond motifs is 2. The van der Waals surface area contributed by atoms with Crippen LogP contribution in [-0.2, 0) is 9.53 Å². The van der Waals surface area contributed by atoms with Crippen molar-refractivity contribution < 1.29 is 14.3 Å². The molecule has 0 N–H and O–H groups in total. The molecule has 3 aliphatic rings. The fourth-order valence-electron chi connectivity index (χ4n) is 1.98. The predicted molar refractivity (Wildman–Crippen MR) is 49.8 cm³/mol. The number of ketones is 1. The molecule has 0 radical (unpaired) electrons. The van der Waals surface area contributed by atoms with Gasteiger partial charge in [-0.2, -0.15) is 0 Å². The zero-order chi connectivity index (χ0) is 10.1. The maximum Gasteiger partial charge on any atom is 0.410 e. The van der Waals surface area contributed by atoms with Gasteiger partial charge in [-0.3, -0.25) is 9.69 Å². The van der Waals surface area contributed by atoms with Gasteiger partial charge in [-0.1, -0.05) is 12.2 Å². The molecule has 0 saturated carbocycles. The molecule has 14 heavy (non-hydrogen) atoms. The summed E-state index contributed by atoms with van der Waals surface area (Å²) in [6.45, 7) is 2.73. The van der Waals surface area contributed by atoms with Crippen LogP contribution in [0.4, 0.5) is 4.79 Å². The van der Waals surface area contributed by atoms with E-state index in [4.69, 9.17) is 4.74 Å². The van der Waals surface area contributed by atoms with Crippen LogP contribution in [0.25, 0.3) is 0 Å². The number of ether oxygens (including phenoxy) is 1. The number of amides is 1. The third-order valence-corrected chi connectivity index (χ3v) is 2.63. The Kier molecular flexibility index (Phi) is 2.27. The highest BCUT2D eigenvalue weighted by Gasteiger charge is 2.39. The molecule has 0 aromatic carbocycles. The second kappa shape index (κ2) is 3.44. The molecular formula is C10H13NO3. The molecule has 0 aromatic heterocycles. The lowest BCUT2D eigenvalue weighted by Crippen LogP contribution is -2.53. The summed E-state index contributed by atoms with van der Waals surface area (Å²) in [5.41, 5.74) is 0. The van der Waals surface area contributed by atoms with E-state index in [9.17, 15) is 9.59 Å². The average molecular weight is 195 g/mol. The second-order valence-electron chi connectivity index (χ2n) is 3.61. The number of nitrogens with zero attached hydrogens (tertiary/aromatic N) is 1. The molecule has 1 amide bonds. The van der Waals surface area contributed by atoms with Crippen molar-refractivity contribution in [2.45, 2.75) is 19.4 Å².